The number of carbonyl (C=O) groups excluding carboxylic acids is 1. The molecule has 0 saturated heterocycles. The van der Waals surface area contributed by atoms with Crippen LogP contribution in [0.1, 0.15) is 29.6 Å². The highest BCUT2D eigenvalue weighted by Crippen LogP contribution is 2.13. The van der Waals surface area contributed by atoms with Crippen LogP contribution >= 0.6 is 0 Å². The van der Waals surface area contributed by atoms with Crippen molar-refractivity contribution in [1.82, 2.24) is 5.32 Å². The molecule has 0 aliphatic heterocycles. The third-order valence-electron chi connectivity index (χ3n) is 2.28. The molecule has 0 aromatic heterocycles. The molecule has 0 aliphatic carbocycles. The molecule has 18 heavy (non-hydrogen) atoms. The van der Waals surface area contributed by atoms with Gasteiger partial charge in [-0.2, -0.15) is 0 Å². The second kappa shape index (κ2) is 6.70. The maximum absolute atomic E-state index is 12.9. The van der Waals surface area contributed by atoms with Crippen LogP contribution in [0.15, 0.2) is 12.1 Å². The fraction of sp³-hybridized carbons (Fsp3) is 0.308. The third-order valence-corrected chi connectivity index (χ3v) is 2.28. The number of nitrogens with one attached hydrogen (secondary N) is 1. The summed E-state index contributed by atoms with van der Waals surface area (Å²) in [7, 11) is 0. The first-order valence-corrected chi connectivity index (χ1v) is 5.42. The molecule has 0 radical (unpaired) electrons. The van der Waals surface area contributed by atoms with Gasteiger partial charge in [0.05, 0.1) is 0 Å². The van der Waals surface area contributed by atoms with Gasteiger partial charge in [0, 0.05) is 18.5 Å². The molecule has 0 atom stereocenters. The van der Waals surface area contributed by atoms with Crippen LogP contribution < -0.4 is 5.32 Å². The first-order chi connectivity index (χ1) is 8.56. The number of terminal acetylenes is 1. The molecule has 0 spiro atoms. The van der Waals surface area contributed by atoms with E-state index in [1.807, 2.05) is 0 Å². The Morgan fingerprint density at radius 1 is 1.22 bits per heavy atom. The molecule has 0 bridgehead atoms. The highest BCUT2D eigenvalue weighted by atomic mass is 19.2. The summed E-state index contributed by atoms with van der Waals surface area (Å²) in [6.45, 7) is 0.348. The molecule has 0 heterocycles. The third kappa shape index (κ3) is 3.81. The molecule has 2 nitrogen and oxygen atoms in total. The van der Waals surface area contributed by atoms with Crippen molar-refractivity contribution in [1.29, 1.82) is 0 Å². The lowest BCUT2D eigenvalue weighted by Crippen LogP contribution is -2.24. The van der Waals surface area contributed by atoms with Crippen molar-refractivity contribution in [3.05, 3.63) is 35.1 Å². The van der Waals surface area contributed by atoms with E-state index in [1.54, 1.807) is 0 Å². The summed E-state index contributed by atoms with van der Waals surface area (Å²) in [6.07, 6.45) is 7.08. The van der Waals surface area contributed by atoms with E-state index in [-0.39, 0.29) is 5.56 Å². The molecule has 0 fully saturated rings. The van der Waals surface area contributed by atoms with E-state index in [1.165, 1.54) is 0 Å². The van der Waals surface area contributed by atoms with E-state index in [0.29, 0.717) is 31.5 Å². The minimum Gasteiger partial charge on any atom is -0.352 e. The number of amides is 1. The van der Waals surface area contributed by atoms with Gasteiger partial charge in [-0.05, 0) is 25.0 Å². The molecule has 96 valence electrons. The summed E-state index contributed by atoms with van der Waals surface area (Å²) in [5, 5.41) is 2.47. The van der Waals surface area contributed by atoms with Gasteiger partial charge >= 0.3 is 0 Å². The highest BCUT2D eigenvalue weighted by Gasteiger charge is 2.14. The van der Waals surface area contributed by atoms with E-state index >= 15 is 0 Å². The number of benzene rings is 1. The van der Waals surface area contributed by atoms with Gasteiger partial charge in [0.15, 0.2) is 17.5 Å². The molecule has 0 aliphatic rings. The molecule has 1 aromatic rings. The number of halogens is 3. The zero-order valence-electron chi connectivity index (χ0n) is 9.60. The predicted molar refractivity (Wildman–Crippen MR) is 61.3 cm³/mol. The van der Waals surface area contributed by atoms with Gasteiger partial charge in [0.2, 0.25) is 0 Å². The fourth-order valence-corrected chi connectivity index (χ4v) is 1.34. The van der Waals surface area contributed by atoms with Crippen molar-refractivity contribution in [2.24, 2.45) is 0 Å². The van der Waals surface area contributed by atoms with Gasteiger partial charge in [-0.15, -0.1) is 12.3 Å². The molecule has 1 rings (SSSR count). The molecular formula is C13H12F3NO. The summed E-state index contributed by atoms with van der Waals surface area (Å²) in [4.78, 5) is 11.5. The SMILES string of the molecule is C#CCCCCNC(=O)c1cc(F)c(F)c(F)c1. The van der Waals surface area contributed by atoms with E-state index in [4.69, 9.17) is 6.42 Å². The second-order valence-corrected chi connectivity index (χ2v) is 3.67. The molecule has 5 heteroatoms. The van der Waals surface area contributed by atoms with E-state index in [9.17, 15) is 18.0 Å². The van der Waals surface area contributed by atoms with E-state index < -0.39 is 23.4 Å². The maximum Gasteiger partial charge on any atom is 0.251 e. The van der Waals surface area contributed by atoms with Crippen LogP contribution in [-0.4, -0.2) is 12.5 Å². The second-order valence-electron chi connectivity index (χ2n) is 3.67. The Labute approximate surface area is 103 Å². The van der Waals surface area contributed by atoms with Crippen molar-refractivity contribution in [3.63, 3.8) is 0 Å². The average Bonchev–Trinajstić information content (AvgIpc) is 2.34. The summed E-state index contributed by atoms with van der Waals surface area (Å²) < 4.78 is 38.4. The van der Waals surface area contributed by atoms with Gasteiger partial charge in [0.25, 0.3) is 5.91 Å². The number of hydrogen-bond donors (Lipinski definition) is 1. The smallest absolute Gasteiger partial charge is 0.251 e. The maximum atomic E-state index is 12.9. The van der Waals surface area contributed by atoms with Gasteiger partial charge < -0.3 is 5.32 Å². The van der Waals surface area contributed by atoms with Gasteiger partial charge in [-0.25, -0.2) is 13.2 Å². The summed E-state index contributed by atoms with van der Waals surface area (Å²) >= 11 is 0. The Bertz CT molecular complexity index is 457. The normalized spacial score (nSPS) is 9.89. The Morgan fingerprint density at radius 3 is 2.39 bits per heavy atom. The van der Waals surface area contributed by atoms with Crippen molar-refractivity contribution in [2.75, 3.05) is 6.54 Å². The van der Waals surface area contributed by atoms with Gasteiger partial charge in [0.1, 0.15) is 0 Å². The lowest BCUT2D eigenvalue weighted by atomic mass is 10.2. The van der Waals surface area contributed by atoms with E-state index in [2.05, 4.69) is 11.2 Å². The topological polar surface area (TPSA) is 29.1 Å². The predicted octanol–water partition coefficient (Wildman–Crippen LogP) is 2.64. The van der Waals surface area contributed by atoms with Crippen LogP contribution in [0.2, 0.25) is 0 Å². The summed E-state index contributed by atoms with van der Waals surface area (Å²) in [5.74, 6) is -2.54. The Kier molecular flexibility index (Phi) is 5.25. The van der Waals surface area contributed by atoms with Crippen LogP contribution in [0.5, 0.6) is 0 Å². The van der Waals surface area contributed by atoms with Crippen LogP contribution in [0.4, 0.5) is 13.2 Å². The Morgan fingerprint density at radius 2 is 1.83 bits per heavy atom. The summed E-state index contributed by atoms with van der Waals surface area (Å²) in [6, 6.07) is 1.32. The van der Waals surface area contributed by atoms with E-state index in [0.717, 1.165) is 6.42 Å². The fourth-order valence-electron chi connectivity index (χ4n) is 1.34. The van der Waals surface area contributed by atoms with Crippen molar-refractivity contribution < 1.29 is 18.0 Å². The molecule has 1 aromatic carbocycles. The molecule has 1 N–H and O–H groups in total. The minimum absolute atomic E-state index is 0.247. The average molecular weight is 255 g/mol. The number of carbonyl (C=O) groups is 1. The van der Waals surface area contributed by atoms with Gasteiger partial charge in [-0.3, -0.25) is 4.79 Å². The zero-order chi connectivity index (χ0) is 13.5. The zero-order valence-corrected chi connectivity index (χ0v) is 9.60. The number of rotatable bonds is 5. The standard InChI is InChI=1S/C13H12F3NO/c1-2-3-4-5-6-17-13(18)9-7-10(14)12(16)11(15)8-9/h1,7-8H,3-6H2,(H,17,18). The Balaban J connectivity index is 2.55. The lowest BCUT2D eigenvalue weighted by Gasteiger charge is -2.05. The van der Waals surface area contributed by atoms with Crippen LogP contribution in [0.3, 0.4) is 0 Å². The quantitative estimate of drug-likeness (QED) is 0.489. The lowest BCUT2D eigenvalue weighted by molar-refractivity contribution is 0.0952. The number of unbranched alkanes of at least 4 members (excludes halogenated alkanes) is 2. The first-order valence-electron chi connectivity index (χ1n) is 5.42. The Hall–Kier alpha value is -1.96. The highest BCUT2D eigenvalue weighted by molar-refractivity contribution is 5.94. The van der Waals surface area contributed by atoms with Crippen LogP contribution in [0.25, 0.3) is 0 Å². The number of hydrogen-bond acceptors (Lipinski definition) is 1. The van der Waals surface area contributed by atoms with Crippen molar-refractivity contribution >= 4 is 5.91 Å². The summed E-state index contributed by atoms with van der Waals surface area (Å²) in [5.41, 5.74) is -0.247. The minimum atomic E-state index is -1.58. The van der Waals surface area contributed by atoms with Gasteiger partial charge in [-0.1, -0.05) is 0 Å². The monoisotopic (exact) mass is 255 g/mol. The molecular weight excluding hydrogens is 243 g/mol. The largest absolute Gasteiger partial charge is 0.352 e. The first kappa shape index (κ1) is 14.1. The van der Waals surface area contributed by atoms with Crippen molar-refractivity contribution in [3.8, 4) is 12.3 Å². The molecule has 0 unspecified atom stereocenters. The molecule has 1 amide bonds. The van der Waals surface area contributed by atoms with Crippen LogP contribution in [0, 0.1) is 29.8 Å². The van der Waals surface area contributed by atoms with Crippen LogP contribution in [-0.2, 0) is 0 Å². The molecule has 0 saturated carbocycles. The van der Waals surface area contributed by atoms with Crippen molar-refractivity contribution in [2.45, 2.75) is 19.3 Å².